The number of likely N-dealkylation sites (N-methyl/N-ethyl adjacent to an activating group) is 1. The molecule has 0 saturated carbocycles. The van der Waals surface area contributed by atoms with Crippen LogP contribution in [-0.4, -0.2) is 23.9 Å². The van der Waals surface area contributed by atoms with E-state index in [0.717, 1.165) is 11.3 Å². The maximum absolute atomic E-state index is 13.0. The summed E-state index contributed by atoms with van der Waals surface area (Å²) >= 11 is 0. The first kappa shape index (κ1) is 16.4. The van der Waals surface area contributed by atoms with E-state index in [4.69, 9.17) is 0 Å². The van der Waals surface area contributed by atoms with Gasteiger partial charge in [-0.2, -0.15) is 0 Å². The Bertz CT molecular complexity index is 864. The second-order valence-electron chi connectivity index (χ2n) is 6.70. The third-order valence-corrected chi connectivity index (χ3v) is 5.09. The van der Waals surface area contributed by atoms with Gasteiger partial charge in [-0.05, 0) is 23.3 Å². The molecular formula is C23H22N2O. The lowest BCUT2D eigenvalue weighted by Gasteiger charge is -2.51. The highest BCUT2D eigenvalue weighted by Crippen LogP contribution is 2.40. The molecule has 2 atom stereocenters. The van der Waals surface area contributed by atoms with Gasteiger partial charge in [0, 0.05) is 19.3 Å². The van der Waals surface area contributed by atoms with Gasteiger partial charge in [0.05, 0.1) is 6.04 Å². The molecule has 0 aromatic heterocycles. The Morgan fingerprint density at radius 2 is 1.35 bits per heavy atom. The van der Waals surface area contributed by atoms with Gasteiger partial charge >= 0.3 is 0 Å². The lowest BCUT2D eigenvalue weighted by Crippen LogP contribution is -2.64. The van der Waals surface area contributed by atoms with Crippen LogP contribution in [0.1, 0.15) is 17.2 Å². The average molecular weight is 342 g/mol. The van der Waals surface area contributed by atoms with Gasteiger partial charge in [0.1, 0.15) is 6.04 Å². The summed E-state index contributed by atoms with van der Waals surface area (Å²) in [5.41, 5.74) is 3.39. The van der Waals surface area contributed by atoms with Gasteiger partial charge in [0.2, 0.25) is 5.91 Å². The summed E-state index contributed by atoms with van der Waals surface area (Å²) in [7, 11) is 2.01. The van der Waals surface area contributed by atoms with Crippen LogP contribution in [0.2, 0.25) is 0 Å². The van der Waals surface area contributed by atoms with E-state index in [2.05, 4.69) is 41.3 Å². The Morgan fingerprint density at radius 3 is 1.96 bits per heavy atom. The van der Waals surface area contributed by atoms with E-state index in [1.54, 1.807) is 0 Å². The van der Waals surface area contributed by atoms with Crippen molar-refractivity contribution in [3.63, 3.8) is 0 Å². The number of likely N-dealkylation sites (tertiary alicyclic amines) is 1. The molecule has 3 nitrogen and oxygen atoms in total. The lowest BCUT2D eigenvalue weighted by molar-refractivity contribution is -0.150. The van der Waals surface area contributed by atoms with Gasteiger partial charge in [-0.25, -0.2) is 0 Å². The second kappa shape index (κ2) is 7.04. The first-order chi connectivity index (χ1) is 12.8. The Hall–Kier alpha value is -3.07. The van der Waals surface area contributed by atoms with Crippen LogP contribution in [0.3, 0.4) is 0 Å². The number of benzene rings is 3. The highest BCUT2D eigenvalue weighted by molar-refractivity contribution is 5.93. The molecule has 3 heteroatoms. The molecule has 2 unspecified atom stereocenters. The number of anilines is 1. The van der Waals surface area contributed by atoms with E-state index in [-0.39, 0.29) is 18.0 Å². The van der Waals surface area contributed by atoms with E-state index in [9.17, 15) is 4.79 Å². The van der Waals surface area contributed by atoms with E-state index < -0.39 is 0 Å². The number of amides is 1. The molecule has 3 aromatic carbocycles. The van der Waals surface area contributed by atoms with Crippen LogP contribution in [0.25, 0.3) is 0 Å². The van der Waals surface area contributed by atoms with Crippen LogP contribution in [-0.2, 0) is 11.3 Å². The molecule has 3 aromatic rings. The predicted molar refractivity (Wildman–Crippen MR) is 105 cm³/mol. The largest absolute Gasteiger partial charge is 0.361 e. The Balaban J connectivity index is 1.65. The normalized spacial score (nSPS) is 19.1. The summed E-state index contributed by atoms with van der Waals surface area (Å²) in [4.78, 5) is 17.1. The lowest BCUT2D eigenvalue weighted by atomic mass is 9.86. The number of para-hydroxylation sites is 1. The highest BCUT2D eigenvalue weighted by atomic mass is 16.2. The van der Waals surface area contributed by atoms with E-state index in [0.29, 0.717) is 6.54 Å². The van der Waals surface area contributed by atoms with E-state index in [1.165, 1.54) is 5.56 Å². The fraction of sp³-hybridized carbons (Fsp3) is 0.174. The van der Waals surface area contributed by atoms with Crippen molar-refractivity contribution >= 4 is 11.6 Å². The minimum Gasteiger partial charge on any atom is -0.361 e. The fourth-order valence-corrected chi connectivity index (χ4v) is 3.70. The number of β-lactam (4-membered cyclic amide) rings is 1. The van der Waals surface area contributed by atoms with Crippen LogP contribution in [0.15, 0.2) is 91.0 Å². The molecule has 0 N–H and O–H groups in total. The Kier molecular flexibility index (Phi) is 4.44. The van der Waals surface area contributed by atoms with Gasteiger partial charge in [0.15, 0.2) is 0 Å². The van der Waals surface area contributed by atoms with Crippen molar-refractivity contribution in [2.75, 3.05) is 11.9 Å². The molecule has 1 saturated heterocycles. The van der Waals surface area contributed by atoms with Gasteiger partial charge < -0.3 is 9.80 Å². The molecule has 26 heavy (non-hydrogen) atoms. The maximum Gasteiger partial charge on any atom is 0.248 e. The van der Waals surface area contributed by atoms with Crippen LogP contribution in [0, 0.1) is 0 Å². The first-order valence-corrected chi connectivity index (χ1v) is 8.93. The van der Waals surface area contributed by atoms with Gasteiger partial charge in [-0.3, -0.25) is 4.79 Å². The smallest absolute Gasteiger partial charge is 0.248 e. The number of nitrogens with zero attached hydrogens (tertiary/aromatic N) is 2. The molecule has 0 aliphatic carbocycles. The number of rotatable bonds is 5. The molecule has 0 bridgehead atoms. The average Bonchev–Trinajstić information content (AvgIpc) is 2.71. The first-order valence-electron chi connectivity index (χ1n) is 8.93. The zero-order valence-electron chi connectivity index (χ0n) is 14.8. The van der Waals surface area contributed by atoms with Crippen LogP contribution >= 0.6 is 0 Å². The van der Waals surface area contributed by atoms with Crippen molar-refractivity contribution in [2.24, 2.45) is 0 Å². The van der Waals surface area contributed by atoms with Crippen molar-refractivity contribution in [3.8, 4) is 0 Å². The van der Waals surface area contributed by atoms with Gasteiger partial charge in [-0.15, -0.1) is 0 Å². The zero-order valence-corrected chi connectivity index (χ0v) is 14.8. The van der Waals surface area contributed by atoms with Gasteiger partial charge in [-0.1, -0.05) is 78.9 Å². The third-order valence-electron chi connectivity index (χ3n) is 5.09. The summed E-state index contributed by atoms with van der Waals surface area (Å²) in [5, 5.41) is 0. The highest BCUT2D eigenvalue weighted by Gasteiger charge is 2.50. The summed E-state index contributed by atoms with van der Waals surface area (Å²) < 4.78 is 0. The molecule has 130 valence electrons. The van der Waals surface area contributed by atoms with Crippen molar-refractivity contribution < 1.29 is 4.79 Å². The number of hydrogen-bond acceptors (Lipinski definition) is 2. The van der Waals surface area contributed by atoms with Crippen LogP contribution < -0.4 is 4.90 Å². The molecule has 1 fully saturated rings. The molecule has 1 heterocycles. The summed E-state index contributed by atoms with van der Waals surface area (Å²) in [6.07, 6.45) is 0. The summed E-state index contributed by atoms with van der Waals surface area (Å²) in [6.45, 7) is 0.637. The number of hydrogen-bond donors (Lipinski definition) is 0. The SMILES string of the molecule is CN(c1ccccc1)C1C(=O)N(Cc2ccccc2)C1c1ccccc1. The molecule has 1 amide bonds. The summed E-state index contributed by atoms with van der Waals surface area (Å²) in [5.74, 6) is 0.175. The molecule has 1 aliphatic heterocycles. The minimum atomic E-state index is -0.177. The quantitative estimate of drug-likeness (QED) is 0.646. The van der Waals surface area contributed by atoms with Crippen molar-refractivity contribution in [2.45, 2.75) is 18.6 Å². The topological polar surface area (TPSA) is 23.6 Å². The van der Waals surface area contributed by atoms with Crippen molar-refractivity contribution in [3.05, 3.63) is 102 Å². The third kappa shape index (κ3) is 2.97. The van der Waals surface area contributed by atoms with E-state index >= 15 is 0 Å². The summed E-state index contributed by atoms with van der Waals surface area (Å²) in [6, 6.07) is 30.5. The Morgan fingerprint density at radius 1 is 0.808 bits per heavy atom. The number of carbonyl (C=O) groups excluding carboxylic acids is 1. The van der Waals surface area contributed by atoms with Crippen molar-refractivity contribution in [1.82, 2.24) is 4.90 Å². The molecule has 0 radical (unpaired) electrons. The Labute approximate surface area is 154 Å². The predicted octanol–water partition coefficient (Wildman–Crippen LogP) is 4.28. The number of carbonyl (C=O) groups is 1. The maximum atomic E-state index is 13.0. The second-order valence-corrected chi connectivity index (χ2v) is 6.70. The van der Waals surface area contributed by atoms with E-state index in [1.807, 2.05) is 66.5 Å². The monoisotopic (exact) mass is 342 g/mol. The zero-order chi connectivity index (χ0) is 17.9. The fourth-order valence-electron chi connectivity index (χ4n) is 3.70. The van der Waals surface area contributed by atoms with Crippen molar-refractivity contribution in [1.29, 1.82) is 0 Å². The standard InChI is InChI=1S/C23H22N2O/c1-24(20-15-9-4-10-16-20)22-21(19-13-7-3-8-14-19)25(23(22)26)17-18-11-5-2-6-12-18/h2-16,21-22H,17H2,1H3. The molecular weight excluding hydrogens is 320 g/mol. The molecule has 1 aliphatic rings. The van der Waals surface area contributed by atoms with Crippen LogP contribution in [0.5, 0.6) is 0 Å². The molecule has 0 spiro atoms. The van der Waals surface area contributed by atoms with Gasteiger partial charge in [0.25, 0.3) is 0 Å². The van der Waals surface area contributed by atoms with Crippen LogP contribution in [0.4, 0.5) is 5.69 Å². The minimum absolute atomic E-state index is 0.0501. The molecule has 4 rings (SSSR count).